The molecule has 2 aromatic rings. The number of amides is 2. The number of ether oxygens (including phenoxy) is 1. The summed E-state index contributed by atoms with van der Waals surface area (Å²) in [6, 6.07) is 3.68. The van der Waals surface area contributed by atoms with Crippen molar-refractivity contribution in [2.24, 2.45) is 7.05 Å². The second-order valence-corrected chi connectivity index (χ2v) is 5.42. The van der Waals surface area contributed by atoms with Crippen LogP contribution in [0.3, 0.4) is 0 Å². The second kappa shape index (κ2) is 5.67. The molecule has 0 bridgehead atoms. The minimum atomic E-state index is -0.248. The molecule has 1 atom stereocenters. The first-order valence-electron chi connectivity index (χ1n) is 7.16. The fraction of sp³-hybridized carbons (Fsp3) is 0.400. The van der Waals surface area contributed by atoms with Crippen LogP contribution in [0.4, 0.5) is 4.79 Å². The van der Waals surface area contributed by atoms with Crippen LogP contribution in [-0.2, 0) is 13.6 Å². The number of nitrogens with zero attached hydrogens (tertiary/aromatic N) is 3. The Bertz CT molecular complexity index is 710. The number of hydrogen-bond donors (Lipinski definition) is 2. The molecule has 2 heterocycles. The fourth-order valence-corrected chi connectivity index (χ4v) is 2.50. The van der Waals surface area contributed by atoms with Crippen molar-refractivity contribution in [3.8, 4) is 5.75 Å². The SMILES string of the molecule is Cc1ccc2c(c1C)OC[C@H]2NC(=O)NCc1ncnn1C. The molecule has 1 aliphatic heterocycles. The summed E-state index contributed by atoms with van der Waals surface area (Å²) in [4.78, 5) is 16.1. The van der Waals surface area contributed by atoms with Gasteiger partial charge in [-0.25, -0.2) is 9.78 Å². The second-order valence-electron chi connectivity index (χ2n) is 5.42. The Morgan fingerprint density at radius 1 is 1.45 bits per heavy atom. The van der Waals surface area contributed by atoms with Gasteiger partial charge >= 0.3 is 6.03 Å². The van der Waals surface area contributed by atoms with Crippen molar-refractivity contribution in [1.82, 2.24) is 25.4 Å². The number of rotatable bonds is 3. The van der Waals surface area contributed by atoms with Crippen LogP contribution in [0.1, 0.15) is 28.6 Å². The normalized spacial score (nSPS) is 16.0. The molecule has 0 unspecified atom stereocenters. The van der Waals surface area contributed by atoms with E-state index < -0.39 is 0 Å². The summed E-state index contributed by atoms with van der Waals surface area (Å²) in [5.41, 5.74) is 3.34. The Labute approximate surface area is 128 Å². The number of carbonyl (C=O) groups excluding carboxylic acids is 1. The topological polar surface area (TPSA) is 81.1 Å². The van der Waals surface area contributed by atoms with E-state index in [1.54, 1.807) is 11.7 Å². The van der Waals surface area contributed by atoms with Gasteiger partial charge in [0.15, 0.2) is 0 Å². The molecule has 7 heteroatoms. The molecule has 0 aliphatic carbocycles. The molecule has 0 fully saturated rings. The summed E-state index contributed by atoms with van der Waals surface area (Å²) in [5, 5.41) is 9.67. The minimum Gasteiger partial charge on any atom is -0.490 e. The zero-order valence-electron chi connectivity index (χ0n) is 12.9. The van der Waals surface area contributed by atoms with Gasteiger partial charge in [0.05, 0.1) is 12.6 Å². The van der Waals surface area contributed by atoms with Gasteiger partial charge in [0, 0.05) is 12.6 Å². The number of nitrogens with one attached hydrogen (secondary N) is 2. The van der Waals surface area contributed by atoms with Gasteiger partial charge in [0.25, 0.3) is 0 Å². The predicted octanol–water partition coefficient (Wildman–Crippen LogP) is 1.36. The van der Waals surface area contributed by atoms with Crippen LogP contribution >= 0.6 is 0 Å². The monoisotopic (exact) mass is 301 g/mol. The molecule has 0 radical (unpaired) electrons. The van der Waals surface area contributed by atoms with E-state index in [2.05, 4.69) is 26.8 Å². The van der Waals surface area contributed by atoms with Gasteiger partial charge in [0.1, 0.15) is 24.5 Å². The minimum absolute atomic E-state index is 0.131. The Balaban J connectivity index is 1.62. The van der Waals surface area contributed by atoms with Gasteiger partial charge in [0.2, 0.25) is 0 Å². The molecule has 0 saturated heterocycles. The van der Waals surface area contributed by atoms with E-state index in [9.17, 15) is 4.79 Å². The van der Waals surface area contributed by atoms with Gasteiger partial charge < -0.3 is 15.4 Å². The van der Waals surface area contributed by atoms with Crippen LogP contribution in [0, 0.1) is 13.8 Å². The lowest BCUT2D eigenvalue weighted by molar-refractivity contribution is 0.231. The molecule has 22 heavy (non-hydrogen) atoms. The van der Waals surface area contributed by atoms with Crippen LogP contribution < -0.4 is 15.4 Å². The molecule has 1 aromatic heterocycles. The highest BCUT2D eigenvalue weighted by Gasteiger charge is 2.27. The van der Waals surface area contributed by atoms with E-state index in [1.165, 1.54) is 11.9 Å². The standard InChI is InChI=1S/C15H19N5O2/c1-9-4-5-11-12(7-22-14(11)10(9)2)19-15(21)16-6-13-17-8-18-20(13)3/h4-5,8,12H,6-7H2,1-3H3,(H2,16,19,21)/t12-/m1/s1. The number of carbonyl (C=O) groups is 1. The highest BCUT2D eigenvalue weighted by molar-refractivity contribution is 5.74. The Morgan fingerprint density at radius 2 is 2.27 bits per heavy atom. The highest BCUT2D eigenvalue weighted by atomic mass is 16.5. The summed E-state index contributed by atoms with van der Waals surface area (Å²) in [6.07, 6.45) is 1.46. The van der Waals surface area contributed by atoms with Crippen molar-refractivity contribution in [2.75, 3.05) is 6.61 Å². The van der Waals surface area contributed by atoms with E-state index in [4.69, 9.17) is 4.74 Å². The van der Waals surface area contributed by atoms with Gasteiger partial charge in [-0.3, -0.25) is 4.68 Å². The third kappa shape index (κ3) is 2.61. The van der Waals surface area contributed by atoms with Crippen LogP contribution in [0.15, 0.2) is 18.5 Å². The van der Waals surface area contributed by atoms with Crippen LogP contribution in [0.25, 0.3) is 0 Å². The molecule has 0 spiro atoms. The summed E-state index contributed by atoms with van der Waals surface area (Å²) in [7, 11) is 1.79. The summed E-state index contributed by atoms with van der Waals surface area (Å²) in [5.74, 6) is 1.59. The predicted molar refractivity (Wildman–Crippen MR) is 80.5 cm³/mol. The molecule has 2 N–H and O–H groups in total. The van der Waals surface area contributed by atoms with Crippen molar-refractivity contribution < 1.29 is 9.53 Å². The van der Waals surface area contributed by atoms with E-state index >= 15 is 0 Å². The van der Waals surface area contributed by atoms with Gasteiger partial charge in [-0.05, 0) is 25.0 Å². The third-order valence-corrected chi connectivity index (χ3v) is 3.99. The molecule has 2 amide bonds. The molecule has 7 nitrogen and oxygen atoms in total. The van der Waals surface area contributed by atoms with Crippen molar-refractivity contribution >= 4 is 6.03 Å². The molecule has 1 aromatic carbocycles. The van der Waals surface area contributed by atoms with Crippen LogP contribution in [0.2, 0.25) is 0 Å². The van der Waals surface area contributed by atoms with Crippen molar-refractivity contribution in [2.45, 2.75) is 26.4 Å². The van der Waals surface area contributed by atoms with Crippen LogP contribution in [0.5, 0.6) is 5.75 Å². The number of fused-ring (bicyclic) bond motifs is 1. The van der Waals surface area contributed by atoms with Crippen molar-refractivity contribution in [3.05, 3.63) is 41.0 Å². The number of aromatic nitrogens is 3. The Morgan fingerprint density at radius 3 is 3.00 bits per heavy atom. The maximum atomic E-state index is 12.0. The Hall–Kier alpha value is -2.57. The van der Waals surface area contributed by atoms with E-state index in [0.717, 1.165) is 16.9 Å². The zero-order valence-corrected chi connectivity index (χ0v) is 12.9. The number of urea groups is 1. The zero-order chi connectivity index (χ0) is 15.7. The number of hydrogen-bond acceptors (Lipinski definition) is 4. The number of aryl methyl sites for hydroxylation is 2. The van der Waals surface area contributed by atoms with Gasteiger partial charge in [-0.1, -0.05) is 12.1 Å². The maximum absolute atomic E-state index is 12.0. The average molecular weight is 301 g/mol. The first kappa shape index (κ1) is 14.4. The maximum Gasteiger partial charge on any atom is 0.315 e. The van der Waals surface area contributed by atoms with Gasteiger partial charge in [-0.2, -0.15) is 5.10 Å². The van der Waals surface area contributed by atoms with E-state index in [-0.39, 0.29) is 12.1 Å². The molecule has 3 rings (SSSR count). The van der Waals surface area contributed by atoms with Crippen molar-refractivity contribution in [1.29, 1.82) is 0 Å². The van der Waals surface area contributed by atoms with Crippen molar-refractivity contribution in [3.63, 3.8) is 0 Å². The molecular weight excluding hydrogens is 282 g/mol. The quantitative estimate of drug-likeness (QED) is 0.897. The molecule has 0 saturated carbocycles. The average Bonchev–Trinajstić information content (AvgIpc) is 3.08. The lowest BCUT2D eigenvalue weighted by Gasteiger charge is -2.13. The number of benzene rings is 1. The summed E-state index contributed by atoms with van der Waals surface area (Å²) >= 11 is 0. The fourth-order valence-electron chi connectivity index (χ4n) is 2.50. The smallest absolute Gasteiger partial charge is 0.315 e. The highest BCUT2D eigenvalue weighted by Crippen LogP contribution is 2.36. The lowest BCUT2D eigenvalue weighted by Crippen LogP contribution is -2.38. The largest absolute Gasteiger partial charge is 0.490 e. The first-order valence-corrected chi connectivity index (χ1v) is 7.16. The summed E-state index contributed by atoms with van der Waals surface area (Å²) in [6.45, 7) is 4.87. The summed E-state index contributed by atoms with van der Waals surface area (Å²) < 4.78 is 7.35. The molecular formula is C15H19N5O2. The lowest BCUT2D eigenvalue weighted by atomic mass is 10.0. The molecule has 1 aliphatic rings. The van der Waals surface area contributed by atoms with Crippen LogP contribution in [-0.4, -0.2) is 27.4 Å². The van der Waals surface area contributed by atoms with E-state index in [1.807, 2.05) is 19.9 Å². The first-order chi connectivity index (χ1) is 10.6. The van der Waals surface area contributed by atoms with Gasteiger partial charge in [-0.15, -0.1) is 0 Å². The molecule has 116 valence electrons. The third-order valence-electron chi connectivity index (χ3n) is 3.99. The van der Waals surface area contributed by atoms with E-state index in [0.29, 0.717) is 19.0 Å². The Kier molecular flexibility index (Phi) is 3.70.